The molecule has 11 heteroatoms. The maximum atomic E-state index is 13.0. The van der Waals surface area contributed by atoms with E-state index in [4.69, 9.17) is 16.5 Å². The van der Waals surface area contributed by atoms with E-state index in [2.05, 4.69) is 10.1 Å². The molecule has 158 valence electrons. The van der Waals surface area contributed by atoms with E-state index >= 15 is 0 Å². The van der Waals surface area contributed by atoms with Crippen molar-refractivity contribution in [2.24, 2.45) is 0 Å². The Labute approximate surface area is 172 Å². The summed E-state index contributed by atoms with van der Waals surface area (Å²) in [6.07, 6.45) is 0. The average molecular weight is 448 g/mol. The minimum atomic E-state index is -4.10. The lowest BCUT2D eigenvalue weighted by molar-refractivity contribution is -0.0498. The highest BCUT2D eigenvalue weighted by Gasteiger charge is 2.26. The van der Waals surface area contributed by atoms with E-state index in [0.29, 0.717) is 28.4 Å². The summed E-state index contributed by atoms with van der Waals surface area (Å²) in [5.74, 6) is 0.456. The van der Waals surface area contributed by atoms with Crippen LogP contribution in [0.25, 0.3) is 0 Å². The number of hydrogen-bond acceptors (Lipinski definition) is 6. The van der Waals surface area contributed by atoms with Gasteiger partial charge >= 0.3 is 6.61 Å². The van der Waals surface area contributed by atoms with E-state index in [1.54, 1.807) is 6.07 Å². The summed E-state index contributed by atoms with van der Waals surface area (Å²) in [6, 6.07) is 9.49. The molecule has 3 rings (SSSR count). The van der Waals surface area contributed by atoms with Crippen LogP contribution >= 0.6 is 11.8 Å². The molecule has 0 spiro atoms. The van der Waals surface area contributed by atoms with Crippen molar-refractivity contribution >= 4 is 33.2 Å². The fraction of sp³-hybridized carbons (Fsp3) is 0.333. The van der Waals surface area contributed by atoms with E-state index in [0.717, 1.165) is 13.1 Å². The maximum absolute atomic E-state index is 13.0. The van der Waals surface area contributed by atoms with Crippen LogP contribution in [0.4, 0.5) is 20.2 Å². The number of piperazine rings is 1. The van der Waals surface area contributed by atoms with Crippen LogP contribution in [0, 0.1) is 0 Å². The second-order valence-electron chi connectivity index (χ2n) is 6.16. The molecule has 1 heterocycles. The lowest BCUT2D eigenvalue weighted by atomic mass is 10.2. The Morgan fingerprint density at radius 1 is 1.14 bits per heavy atom. The van der Waals surface area contributed by atoms with Gasteiger partial charge in [0.25, 0.3) is 10.0 Å². The number of nitrogens with one attached hydrogen (secondary N) is 1. The van der Waals surface area contributed by atoms with Crippen molar-refractivity contribution in [1.82, 2.24) is 5.32 Å². The topological polar surface area (TPSA) is 71.1 Å². The van der Waals surface area contributed by atoms with Gasteiger partial charge in [-0.3, -0.25) is 0 Å². The molecular weight excluding hydrogens is 428 g/mol. The molecule has 0 unspecified atom stereocenters. The number of nitrogens with zero attached hydrogens (tertiary/aromatic N) is 2. The summed E-state index contributed by atoms with van der Waals surface area (Å²) in [5, 5.41) is 3.24. The minimum Gasteiger partial charge on any atom is -0.495 e. The Morgan fingerprint density at radius 2 is 1.79 bits per heavy atom. The van der Waals surface area contributed by atoms with Crippen molar-refractivity contribution in [3.63, 3.8) is 0 Å². The highest BCUT2D eigenvalue weighted by Crippen LogP contribution is 2.34. The van der Waals surface area contributed by atoms with Crippen LogP contribution in [0.15, 0.2) is 47.4 Å². The van der Waals surface area contributed by atoms with Gasteiger partial charge in [0.1, 0.15) is 11.5 Å². The molecule has 29 heavy (non-hydrogen) atoms. The third-order valence-corrected chi connectivity index (χ3v) is 6.60. The Morgan fingerprint density at radius 3 is 2.38 bits per heavy atom. The summed E-state index contributed by atoms with van der Waals surface area (Å²) in [7, 11) is -2.58. The predicted octanol–water partition coefficient (Wildman–Crippen LogP) is 3.06. The van der Waals surface area contributed by atoms with Gasteiger partial charge in [0.2, 0.25) is 0 Å². The second kappa shape index (κ2) is 9.02. The van der Waals surface area contributed by atoms with Crippen molar-refractivity contribution in [3.05, 3.63) is 42.5 Å². The lowest BCUT2D eigenvalue weighted by Gasteiger charge is -2.31. The number of hydrogen-bond donors (Lipinski definition) is 1. The fourth-order valence-corrected chi connectivity index (χ4v) is 4.40. The van der Waals surface area contributed by atoms with E-state index in [-0.39, 0.29) is 16.3 Å². The largest absolute Gasteiger partial charge is 0.495 e. The predicted molar refractivity (Wildman–Crippen MR) is 107 cm³/mol. The van der Waals surface area contributed by atoms with E-state index in [1.807, 2.05) is 4.90 Å². The Kier molecular flexibility index (Phi) is 6.66. The summed E-state index contributed by atoms with van der Waals surface area (Å²) >= 11 is 6.10. The van der Waals surface area contributed by atoms with Crippen LogP contribution in [0.2, 0.25) is 0 Å². The van der Waals surface area contributed by atoms with Crippen LogP contribution in [0.3, 0.4) is 0 Å². The van der Waals surface area contributed by atoms with Gasteiger partial charge in [-0.15, -0.1) is 0 Å². The summed E-state index contributed by atoms with van der Waals surface area (Å²) in [4.78, 5) is 2.01. The van der Waals surface area contributed by atoms with Crippen molar-refractivity contribution in [3.8, 4) is 11.5 Å². The zero-order valence-electron chi connectivity index (χ0n) is 15.5. The molecule has 1 N–H and O–H groups in total. The van der Waals surface area contributed by atoms with Crippen LogP contribution in [-0.2, 0) is 10.0 Å². The third-order valence-electron chi connectivity index (χ3n) is 4.38. The Balaban J connectivity index is 1.89. The monoisotopic (exact) mass is 447 g/mol. The van der Waals surface area contributed by atoms with Crippen LogP contribution in [0.1, 0.15) is 0 Å². The standard InChI is InChI=1S/C18H20ClF2N3O4S/c1-27-17-7-6-15(12-16(17)23-10-8-22-9-11-23)29(25,26)24(19)13-2-4-14(5-3-13)28-18(20)21/h2-7,12,18,22H,8-11H2,1H3. The second-order valence-corrected chi connectivity index (χ2v) is 8.49. The molecule has 1 saturated heterocycles. The highest BCUT2D eigenvalue weighted by atomic mass is 35.5. The van der Waals surface area contributed by atoms with Gasteiger partial charge in [-0.05, 0) is 42.5 Å². The molecule has 0 atom stereocenters. The van der Waals surface area contributed by atoms with Gasteiger partial charge in [-0.25, -0.2) is 0 Å². The van der Waals surface area contributed by atoms with E-state index in [1.165, 1.54) is 43.5 Å². The minimum absolute atomic E-state index is 0.0188. The van der Waals surface area contributed by atoms with Gasteiger partial charge in [0, 0.05) is 38.0 Å². The first-order valence-corrected chi connectivity index (χ1v) is 10.5. The zero-order chi connectivity index (χ0) is 21.0. The molecule has 2 aromatic rings. The third kappa shape index (κ3) is 4.82. The SMILES string of the molecule is COc1ccc(S(=O)(=O)N(Cl)c2ccc(OC(F)F)cc2)cc1N1CCNCC1. The number of rotatable bonds is 7. The molecule has 7 nitrogen and oxygen atoms in total. The first-order chi connectivity index (χ1) is 13.8. The van der Waals surface area contributed by atoms with Gasteiger partial charge in [0.05, 0.1) is 23.4 Å². The first-order valence-electron chi connectivity index (χ1n) is 8.72. The van der Waals surface area contributed by atoms with Crippen LogP contribution in [-0.4, -0.2) is 48.3 Å². The number of anilines is 2. The molecular formula is C18H20ClF2N3O4S. The molecule has 0 bridgehead atoms. The fourth-order valence-electron chi connectivity index (χ4n) is 2.96. The number of methoxy groups -OCH3 is 1. The van der Waals surface area contributed by atoms with Gasteiger partial charge in [-0.1, -0.05) is 0 Å². The van der Waals surface area contributed by atoms with Crippen molar-refractivity contribution in [2.75, 3.05) is 42.0 Å². The molecule has 1 aliphatic rings. The van der Waals surface area contributed by atoms with Gasteiger partial charge < -0.3 is 19.7 Å². The molecule has 1 aliphatic heterocycles. The molecule has 0 aliphatic carbocycles. The number of halogens is 3. The average Bonchev–Trinajstić information content (AvgIpc) is 2.73. The number of alkyl halides is 2. The molecule has 1 fully saturated rings. The summed E-state index contributed by atoms with van der Waals surface area (Å²) < 4.78 is 60.8. The Hall–Kier alpha value is -2.30. The van der Waals surface area contributed by atoms with Crippen LogP contribution in [0.5, 0.6) is 11.5 Å². The lowest BCUT2D eigenvalue weighted by Crippen LogP contribution is -2.43. The van der Waals surface area contributed by atoms with Gasteiger partial charge in [0.15, 0.2) is 0 Å². The number of ether oxygens (including phenoxy) is 2. The van der Waals surface area contributed by atoms with E-state index < -0.39 is 16.6 Å². The summed E-state index contributed by atoms with van der Waals surface area (Å²) in [6.45, 7) is -0.0187. The van der Waals surface area contributed by atoms with E-state index in [9.17, 15) is 17.2 Å². The van der Waals surface area contributed by atoms with Crippen molar-refractivity contribution < 1.29 is 26.7 Å². The highest BCUT2D eigenvalue weighted by molar-refractivity contribution is 7.94. The zero-order valence-corrected chi connectivity index (χ0v) is 17.1. The summed E-state index contributed by atoms with van der Waals surface area (Å²) in [5.41, 5.74) is 0.744. The quantitative estimate of drug-likeness (QED) is 0.658. The molecule has 0 radical (unpaired) electrons. The number of sulfonamides is 1. The molecule has 0 amide bonds. The van der Waals surface area contributed by atoms with Gasteiger partial charge in [-0.2, -0.15) is 21.0 Å². The molecule has 0 saturated carbocycles. The Bertz CT molecular complexity index is 939. The molecule has 0 aromatic heterocycles. The maximum Gasteiger partial charge on any atom is 0.387 e. The van der Waals surface area contributed by atoms with Crippen LogP contribution < -0.4 is 23.5 Å². The van der Waals surface area contributed by atoms with Crippen molar-refractivity contribution in [1.29, 1.82) is 0 Å². The smallest absolute Gasteiger partial charge is 0.387 e. The normalized spacial score (nSPS) is 14.7. The van der Waals surface area contributed by atoms with Crippen molar-refractivity contribution in [2.45, 2.75) is 11.5 Å². The molecule has 2 aromatic carbocycles. The first kappa shape index (κ1) is 21.4. The number of benzene rings is 2.